The maximum Gasteiger partial charge on any atom is 0.329 e. The molecule has 7 amide bonds. The summed E-state index contributed by atoms with van der Waals surface area (Å²) in [6.07, 6.45) is -2.06. The fourth-order valence-corrected chi connectivity index (χ4v) is 8.70. The van der Waals surface area contributed by atoms with Crippen molar-refractivity contribution in [3.8, 4) is 5.75 Å². The Labute approximate surface area is 425 Å². The van der Waals surface area contributed by atoms with E-state index in [-0.39, 0.29) is 62.5 Å². The highest BCUT2D eigenvalue weighted by atomic mass is 35.5. The second-order valence-electron chi connectivity index (χ2n) is 18.7. The summed E-state index contributed by atoms with van der Waals surface area (Å²) in [6.45, 7) is 9.89. The van der Waals surface area contributed by atoms with Crippen molar-refractivity contribution in [2.45, 2.75) is 173 Å². The molecule has 23 nitrogen and oxygen atoms in total. The van der Waals surface area contributed by atoms with E-state index in [9.17, 15) is 53.4 Å². The Balaban J connectivity index is 2.27. The van der Waals surface area contributed by atoms with Gasteiger partial charge >= 0.3 is 11.9 Å². The quantitative estimate of drug-likeness (QED) is 0.0374. The molecule has 10 atom stereocenters. The molecule has 0 radical (unpaired) electrons. The fraction of sp³-hybridized carbons (Fsp3) is 0.667. The van der Waals surface area contributed by atoms with E-state index in [4.69, 9.17) is 32.5 Å². The lowest BCUT2D eigenvalue weighted by Gasteiger charge is -2.44. The fourth-order valence-electron chi connectivity index (χ4n) is 8.42. The number of ether oxygens (including phenoxy) is 2. The summed E-state index contributed by atoms with van der Waals surface area (Å²) in [7, 11) is 2.78. The van der Waals surface area contributed by atoms with Crippen LogP contribution in [-0.4, -0.2) is 155 Å². The molecule has 24 heteroatoms. The van der Waals surface area contributed by atoms with Gasteiger partial charge in [-0.3, -0.25) is 43.3 Å². The number of unbranched alkanes of at least 4 members (excludes halogenated alkanes) is 2. The number of hydrogen-bond donors (Lipinski definition) is 9. The smallest absolute Gasteiger partial charge is 0.329 e. The first-order valence-electron chi connectivity index (χ1n) is 24.5. The van der Waals surface area contributed by atoms with Gasteiger partial charge in [0, 0.05) is 32.9 Å². The normalized spacial score (nSPS) is 24.5. The summed E-state index contributed by atoms with van der Waals surface area (Å²) >= 11 is 6.49. The van der Waals surface area contributed by atoms with Gasteiger partial charge in [0.25, 0.3) is 0 Å². The summed E-state index contributed by atoms with van der Waals surface area (Å²) in [5.74, 6) is -9.47. The van der Waals surface area contributed by atoms with Crippen molar-refractivity contribution in [3.05, 3.63) is 28.8 Å². The highest BCUT2D eigenvalue weighted by Gasteiger charge is 2.47. The standard InChI is InChI=1S/C48H75ClN10O13/c1-9-11-12-15-35(60)53-31(18-21-37(62)63)42(65)57-39-27(6)72-47(70)38(25(3)4)56-43(66)33(24-28-16-19-34(71-8)29(49)23-28)58(7)46(69)40(26(5)10-2)59-36(61)20-17-32(45(59)68)55-41(64)30(54-44(39)67)14-13-22-52-48(50)51/h16,19,23,25-27,30-33,36,38-40,61H,9-15,17-18,20-22,24H2,1-8H3,(H,53,60)(H,54,67)(H,55,64)(H,56,66)(H,57,65)(H,62,63)(H4,50,51,52)/t26-,27+,30-,31-,32+,33-,36+,38-,39+,40-/m0/s1. The van der Waals surface area contributed by atoms with Gasteiger partial charge in [0.1, 0.15) is 60.4 Å². The number of halogens is 1. The van der Waals surface area contributed by atoms with E-state index in [2.05, 4.69) is 31.6 Å². The van der Waals surface area contributed by atoms with E-state index in [1.54, 1.807) is 45.9 Å². The number of carbonyl (C=O) groups is 9. The number of aliphatic hydroxyl groups is 1. The third-order valence-electron chi connectivity index (χ3n) is 12.9. The van der Waals surface area contributed by atoms with Crippen molar-refractivity contribution < 1.29 is 62.8 Å². The lowest BCUT2D eigenvalue weighted by atomic mass is 9.91. The van der Waals surface area contributed by atoms with E-state index in [1.807, 2.05) is 6.92 Å². The molecule has 2 aliphatic heterocycles. The molecule has 0 aromatic heterocycles. The van der Waals surface area contributed by atoms with Crippen molar-refractivity contribution in [1.29, 1.82) is 0 Å². The molecule has 0 saturated carbocycles. The molecular weight excluding hydrogens is 960 g/mol. The van der Waals surface area contributed by atoms with Gasteiger partial charge in [-0.2, -0.15) is 0 Å². The molecule has 11 N–H and O–H groups in total. The predicted octanol–water partition coefficient (Wildman–Crippen LogP) is 0.598. The van der Waals surface area contributed by atoms with E-state index in [0.29, 0.717) is 30.6 Å². The number of carboxylic acid groups (broad SMARTS) is 1. The van der Waals surface area contributed by atoms with Gasteiger partial charge in [-0.25, -0.2) is 4.79 Å². The van der Waals surface area contributed by atoms with Crippen LogP contribution in [0.1, 0.15) is 118 Å². The molecule has 2 aliphatic rings. The average molecular weight is 1040 g/mol. The number of aliphatic carboxylic acids is 1. The molecule has 3 rings (SSSR count). The monoisotopic (exact) mass is 1030 g/mol. The van der Waals surface area contributed by atoms with Crippen molar-refractivity contribution in [1.82, 2.24) is 36.4 Å². The van der Waals surface area contributed by atoms with Crippen molar-refractivity contribution in [2.24, 2.45) is 28.3 Å². The summed E-state index contributed by atoms with van der Waals surface area (Å²) < 4.78 is 11.2. The number of carboxylic acids is 1. The van der Waals surface area contributed by atoms with Crippen LogP contribution in [0.5, 0.6) is 5.75 Å². The zero-order chi connectivity index (χ0) is 54.0. The number of likely N-dealkylation sites (N-methyl/N-ethyl adjacent to an activating group) is 1. The molecule has 2 saturated heterocycles. The molecule has 0 aliphatic carbocycles. The number of nitrogens with one attached hydrogen (secondary N) is 5. The number of piperidine rings is 1. The SMILES string of the molecule is CCCCCC(=O)N[C@@H](CCC(=O)O)C(=O)N[C@H]1C(=O)N[C@@H](CCCN=C(N)N)C(=O)N[C@@H]2CC[C@@H](O)N(C2=O)[C@@H]([C@@H](C)CC)C(=O)N(C)[C@@H](Cc2ccc(OC)c(Cl)c2)C(=O)N[C@@H](C(C)C)C(=O)O[C@@H]1C. The van der Waals surface area contributed by atoms with Crippen molar-refractivity contribution >= 4 is 70.8 Å². The molecule has 2 fully saturated rings. The molecule has 1 aromatic rings. The molecular formula is C48H75ClN10O13. The molecule has 0 spiro atoms. The molecule has 2 heterocycles. The van der Waals surface area contributed by atoms with Crippen molar-refractivity contribution in [2.75, 3.05) is 20.7 Å². The molecule has 0 unspecified atom stereocenters. The number of fused-ring (bicyclic) bond motifs is 2. The van der Waals surface area contributed by atoms with E-state index in [1.165, 1.54) is 21.1 Å². The maximum atomic E-state index is 15.0. The molecule has 2 bridgehead atoms. The molecule has 402 valence electrons. The van der Waals surface area contributed by atoms with Gasteiger partial charge in [0.15, 0.2) is 5.96 Å². The van der Waals surface area contributed by atoms with Gasteiger partial charge < -0.3 is 67.5 Å². The average Bonchev–Trinajstić information content (AvgIpc) is 3.32. The van der Waals surface area contributed by atoms with E-state index >= 15 is 0 Å². The Morgan fingerprint density at radius 3 is 2.25 bits per heavy atom. The first-order valence-corrected chi connectivity index (χ1v) is 24.9. The van der Waals surface area contributed by atoms with E-state index in [0.717, 1.165) is 16.2 Å². The number of nitrogens with two attached hydrogens (primary N) is 2. The van der Waals surface area contributed by atoms with Crippen LogP contribution in [0.25, 0.3) is 0 Å². The number of guanidine groups is 1. The minimum absolute atomic E-state index is 0.00271. The minimum atomic E-state index is -1.83. The van der Waals surface area contributed by atoms with Gasteiger partial charge in [0.05, 0.1) is 12.1 Å². The Morgan fingerprint density at radius 1 is 0.958 bits per heavy atom. The first kappa shape index (κ1) is 60.1. The number of benzene rings is 1. The van der Waals surface area contributed by atoms with Gasteiger partial charge in [-0.1, -0.05) is 71.5 Å². The number of nitrogens with zero attached hydrogens (tertiary/aromatic N) is 3. The predicted molar refractivity (Wildman–Crippen MR) is 265 cm³/mol. The number of cyclic esters (lactones) is 1. The Bertz CT molecular complexity index is 2120. The number of amides is 7. The van der Waals surface area contributed by atoms with Crippen LogP contribution in [0.15, 0.2) is 23.2 Å². The van der Waals surface area contributed by atoms with Crippen LogP contribution in [0.3, 0.4) is 0 Å². The number of methoxy groups -OCH3 is 1. The Hall–Kier alpha value is -6.23. The second-order valence-corrected chi connectivity index (χ2v) is 19.1. The third kappa shape index (κ3) is 17.2. The van der Waals surface area contributed by atoms with Crippen LogP contribution < -0.4 is 42.8 Å². The summed E-state index contributed by atoms with van der Waals surface area (Å²) in [5.41, 5.74) is 11.5. The number of carbonyl (C=O) groups excluding carboxylic acids is 8. The Kier molecular flexibility index (Phi) is 24.0. The van der Waals surface area contributed by atoms with Gasteiger partial charge in [0.2, 0.25) is 41.4 Å². The second kappa shape index (κ2) is 28.7. The van der Waals surface area contributed by atoms with Crippen LogP contribution in [0.4, 0.5) is 0 Å². The lowest BCUT2D eigenvalue weighted by Crippen LogP contribution is -2.66. The van der Waals surface area contributed by atoms with Crippen LogP contribution in [0, 0.1) is 11.8 Å². The number of rotatable bonds is 20. The Morgan fingerprint density at radius 2 is 1.65 bits per heavy atom. The number of hydrogen-bond acceptors (Lipinski definition) is 13. The maximum absolute atomic E-state index is 15.0. The van der Waals surface area contributed by atoms with Gasteiger partial charge in [-0.05, 0) is 75.0 Å². The van der Waals surface area contributed by atoms with E-state index < -0.39 is 126 Å². The van der Waals surface area contributed by atoms with Crippen LogP contribution in [0.2, 0.25) is 5.02 Å². The zero-order valence-electron chi connectivity index (χ0n) is 42.5. The third-order valence-corrected chi connectivity index (χ3v) is 13.2. The first-order chi connectivity index (χ1) is 33.9. The number of esters is 1. The summed E-state index contributed by atoms with van der Waals surface area (Å²) in [4.78, 5) is 132. The summed E-state index contributed by atoms with van der Waals surface area (Å²) in [5, 5.41) is 34.2. The van der Waals surface area contributed by atoms with Crippen LogP contribution in [-0.2, 0) is 54.3 Å². The summed E-state index contributed by atoms with van der Waals surface area (Å²) in [6, 6.07) is -5.58. The zero-order valence-corrected chi connectivity index (χ0v) is 43.3. The van der Waals surface area contributed by atoms with Crippen molar-refractivity contribution in [3.63, 3.8) is 0 Å². The molecule has 72 heavy (non-hydrogen) atoms. The highest BCUT2D eigenvalue weighted by molar-refractivity contribution is 6.32. The lowest BCUT2D eigenvalue weighted by molar-refractivity contribution is -0.168. The van der Waals surface area contributed by atoms with Crippen LogP contribution >= 0.6 is 11.6 Å². The molecule has 1 aromatic carbocycles. The topological polar surface area (TPSA) is 344 Å². The number of aliphatic hydroxyl groups excluding tert-OH is 1. The minimum Gasteiger partial charge on any atom is -0.495 e. The van der Waals surface area contributed by atoms with Gasteiger partial charge in [-0.15, -0.1) is 0 Å². The highest BCUT2D eigenvalue weighted by Crippen LogP contribution is 2.29. The largest absolute Gasteiger partial charge is 0.495 e. The number of aliphatic imine (C=N–C) groups is 1.